The molecule has 0 radical (unpaired) electrons. The Kier molecular flexibility index (Phi) is 5.89. The van der Waals surface area contributed by atoms with Gasteiger partial charge in [0.1, 0.15) is 11.6 Å². The first-order chi connectivity index (χ1) is 16.7. The lowest BCUT2D eigenvalue weighted by atomic mass is 9.83. The van der Waals surface area contributed by atoms with Crippen molar-refractivity contribution in [2.75, 3.05) is 10.8 Å². The number of pyridine rings is 2. The van der Waals surface area contributed by atoms with Crippen LogP contribution in [0.25, 0.3) is 11.3 Å². The van der Waals surface area contributed by atoms with E-state index >= 15 is 0 Å². The Morgan fingerprint density at radius 3 is 2.71 bits per heavy atom. The normalized spacial score (nSPS) is 23.7. The number of phenolic OH excluding ortho intramolecular Hbond substituents is 1. The molecule has 0 saturated carbocycles. The fourth-order valence-corrected chi connectivity index (χ4v) is 6.98. The van der Waals surface area contributed by atoms with E-state index in [0.717, 1.165) is 34.6 Å². The van der Waals surface area contributed by atoms with Gasteiger partial charge < -0.3 is 5.11 Å². The van der Waals surface area contributed by atoms with Gasteiger partial charge in [0.2, 0.25) is 0 Å². The summed E-state index contributed by atoms with van der Waals surface area (Å²) in [6.07, 6.45) is 4.93. The van der Waals surface area contributed by atoms with Gasteiger partial charge >= 0.3 is 0 Å². The lowest BCUT2D eigenvalue weighted by molar-refractivity contribution is 0.119. The average molecular weight is 491 g/mol. The standard InChI is InChI=1S/C27H30N4O3S/c1-19-6-5-13-28-26(19)23-16-22(9-10-24(23)32)18-30-14-11-27(17-21(30)3)12-15-35(33,34)31(27)25-8-4-7-20(2)29-25/h4-10,12-13,15-16,21,32H,11,14,17-18H2,1-3H3/t21-,27-/m0/s1. The summed E-state index contributed by atoms with van der Waals surface area (Å²) in [5.74, 6) is 0.688. The highest BCUT2D eigenvalue weighted by atomic mass is 32.2. The zero-order valence-electron chi connectivity index (χ0n) is 20.2. The molecule has 3 aromatic rings. The van der Waals surface area contributed by atoms with Crippen molar-refractivity contribution < 1.29 is 13.5 Å². The van der Waals surface area contributed by atoms with Crippen LogP contribution < -0.4 is 4.31 Å². The monoisotopic (exact) mass is 490 g/mol. The number of aryl methyl sites for hydroxylation is 2. The van der Waals surface area contributed by atoms with Gasteiger partial charge in [0.15, 0.2) is 0 Å². The largest absolute Gasteiger partial charge is 0.507 e. The summed E-state index contributed by atoms with van der Waals surface area (Å²) < 4.78 is 27.5. The van der Waals surface area contributed by atoms with Crippen molar-refractivity contribution in [2.24, 2.45) is 0 Å². The molecule has 2 aromatic heterocycles. The first-order valence-corrected chi connectivity index (χ1v) is 13.4. The van der Waals surface area contributed by atoms with Gasteiger partial charge in [-0.2, -0.15) is 0 Å². The van der Waals surface area contributed by atoms with E-state index in [1.54, 1.807) is 18.3 Å². The van der Waals surface area contributed by atoms with E-state index in [-0.39, 0.29) is 11.8 Å². The van der Waals surface area contributed by atoms with Crippen LogP contribution in [0.5, 0.6) is 5.75 Å². The molecular weight excluding hydrogens is 460 g/mol. The summed E-state index contributed by atoms with van der Waals surface area (Å²) in [6, 6.07) is 15.2. The minimum atomic E-state index is -3.57. The van der Waals surface area contributed by atoms with E-state index < -0.39 is 15.6 Å². The predicted molar refractivity (Wildman–Crippen MR) is 137 cm³/mol. The molecule has 0 amide bonds. The first-order valence-electron chi connectivity index (χ1n) is 11.8. The number of aromatic hydroxyl groups is 1. The van der Waals surface area contributed by atoms with E-state index in [2.05, 4.69) is 21.8 Å². The Hall–Kier alpha value is -3.23. The first kappa shape index (κ1) is 23.5. The second kappa shape index (κ2) is 8.77. The molecule has 1 fully saturated rings. The molecule has 2 aliphatic rings. The Labute approximate surface area is 206 Å². The van der Waals surface area contributed by atoms with Crippen LogP contribution in [0.3, 0.4) is 0 Å². The van der Waals surface area contributed by atoms with E-state index in [1.807, 2.05) is 56.3 Å². The quantitative estimate of drug-likeness (QED) is 0.577. The summed E-state index contributed by atoms with van der Waals surface area (Å²) in [6.45, 7) is 7.44. The Balaban J connectivity index is 1.39. The number of aromatic nitrogens is 2. The number of nitrogens with zero attached hydrogens (tertiary/aromatic N) is 4. The summed E-state index contributed by atoms with van der Waals surface area (Å²) in [5, 5.41) is 11.8. The number of hydrogen-bond donors (Lipinski definition) is 1. The summed E-state index contributed by atoms with van der Waals surface area (Å²) >= 11 is 0. The van der Waals surface area contributed by atoms with Crippen LogP contribution in [-0.4, -0.2) is 46.5 Å². The molecular formula is C27H30N4O3S. The minimum absolute atomic E-state index is 0.142. The Morgan fingerprint density at radius 1 is 1.14 bits per heavy atom. The second-order valence-corrected chi connectivity index (χ2v) is 11.3. The van der Waals surface area contributed by atoms with Gasteiger partial charge in [0.25, 0.3) is 10.0 Å². The highest BCUT2D eigenvalue weighted by Crippen LogP contribution is 2.43. The number of rotatable bonds is 4. The van der Waals surface area contributed by atoms with Crippen LogP contribution in [-0.2, 0) is 16.6 Å². The fourth-order valence-electron chi connectivity index (χ4n) is 5.34. The van der Waals surface area contributed by atoms with Gasteiger partial charge in [0.05, 0.1) is 11.2 Å². The lowest BCUT2D eigenvalue weighted by Gasteiger charge is -2.47. The number of sulfonamides is 1. The van der Waals surface area contributed by atoms with Crippen molar-refractivity contribution in [3.05, 3.63) is 83.0 Å². The minimum Gasteiger partial charge on any atom is -0.507 e. The summed E-state index contributed by atoms with van der Waals surface area (Å²) in [7, 11) is -3.57. The van der Waals surface area contributed by atoms with Crippen LogP contribution in [0.1, 0.15) is 36.6 Å². The van der Waals surface area contributed by atoms with Gasteiger partial charge in [0, 0.05) is 42.0 Å². The van der Waals surface area contributed by atoms with E-state index in [1.165, 1.54) is 9.71 Å². The molecule has 1 N–H and O–H groups in total. The van der Waals surface area contributed by atoms with Crippen LogP contribution in [0.15, 0.2) is 66.2 Å². The molecule has 1 saturated heterocycles. The van der Waals surface area contributed by atoms with Crippen molar-refractivity contribution in [1.29, 1.82) is 0 Å². The van der Waals surface area contributed by atoms with E-state index in [4.69, 9.17) is 0 Å². The maximum atomic E-state index is 13.0. The molecule has 5 rings (SSSR count). The molecule has 2 atom stereocenters. The summed E-state index contributed by atoms with van der Waals surface area (Å²) in [5.41, 5.74) is 3.77. The van der Waals surface area contributed by atoms with E-state index in [0.29, 0.717) is 25.2 Å². The third-order valence-electron chi connectivity index (χ3n) is 7.11. The highest BCUT2D eigenvalue weighted by Gasteiger charge is 2.49. The van der Waals surface area contributed by atoms with Gasteiger partial charge in [-0.15, -0.1) is 0 Å². The zero-order chi connectivity index (χ0) is 24.8. The number of piperidine rings is 1. The summed E-state index contributed by atoms with van der Waals surface area (Å²) in [4.78, 5) is 11.4. The van der Waals surface area contributed by atoms with Crippen molar-refractivity contribution in [1.82, 2.24) is 14.9 Å². The van der Waals surface area contributed by atoms with Crippen molar-refractivity contribution in [3.8, 4) is 17.0 Å². The second-order valence-electron chi connectivity index (χ2n) is 9.65. The maximum Gasteiger partial charge on any atom is 0.259 e. The average Bonchev–Trinajstić information content (AvgIpc) is 3.07. The third-order valence-corrected chi connectivity index (χ3v) is 8.65. The smallest absolute Gasteiger partial charge is 0.259 e. The van der Waals surface area contributed by atoms with Gasteiger partial charge in [-0.1, -0.05) is 18.2 Å². The molecule has 1 aromatic carbocycles. The number of anilines is 1. The lowest BCUT2D eigenvalue weighted by Crippen LogP contribution is -2.56. The third kappa shape index (κ3) is 4.32. The molecule has 35 heavy (non-hydrogen) atoms. The molecule has 7 nitrogen and oxygen atoms in total. The van der Waals surface area contributed by atoms with Crippen LogP contribution in [0.2, 0.25) is 0 Å². The van der Waals surface area contributed by atoms with Crippen LogP contribution in [0, 0.1) is 13.8 Å². The molecule has 1 spiro atoms. The number of likely N-dealkylation sites (tertiary alicyclic amines) is 1. The SMILES string of the molecule is Cc1cccc(N2[C@]3(C=CS2(=O)=O)CCN(Cc2ccc(O)c(-c4ncccc4C)c2)[C@@H](C)C3)n1. The van der Waals surface area contributed by atoms with Crippen molar-refractivity contribution in [3.63, 3.8) is 0 Å². The fraction of sp³-hybridized carbons (Fsp3) is 0.333. The molecule has 0 bridgehead atoms. The molecule has 4 heterocycles. The molecule has 0 unspecified atom stereocenters. The van der Waals surface area contributed by atoms with Gasteiger partial charge in [-0.25, -0.2) is 17.7 Å². The predicted octanol–water partition coefficient (Wildman–Crippen LogP) is 4.55. The molecule has 8 heteroatoms. The molecule has 2 aliphatic heterocycles. The van der Waals surface area contributed by atoms with Crippen molar-refractivity contribution >= 4 is 15.8 Å². The van der Waals surface area contributed by atoms with Crippen LogP contribution in [0.4, 0.5) is 5.82 Å². The van der Waals surface area contributed by atoms with Crippen molar-refractivity contribution in [2.45, 2.75) is 51.7 Å². The number of hydrogen-bond acceptors (Lipinski definition) is 6. The molecule has 0 aliphatic carbocycles. The number of phenols is 1. The zero-order valence-corrected chi connectivity index (χ0v) is 21.0. The molecule has 182 valence electrons. The highest BCUT2D eigenvalue weighted by molar-refractivity contribution is 7.96. The van der Waals surface area contributed by atoms with Crippen LogP contribution >= 0.6 is 0 Å². The van der Waals surface area contributed by atoms with E-state index in [9.17, 15) is 13.5 Å². The Bertz CT molecular complexity index is 1410. The van der Waals surface area contributed by atoms with Gasteiger partial charge in [-0.05, 0) is 81.1 Å². The maximum absolute atomic E-state index is 13.0. The topological polar surface area (TPSA) is 86.6 Å². The van der Waals surface area contributed by atoms with Gasteiger partial charge in [-0.3, -0.25) is 9.88 Å². The Morgan fingerprint density at radius 2 is 1.97 bits per heavy atom. The number of benzene rings is 1.